The number of anilines is 1. The van der Waals surface area contributed by atoms with Crippen molar-refractivity contribution < 1.29 is 4.92 Å². The molecule has 0 spiro atoms. The number of benzene rings is 1. The van der Waals surface area contributed by atoms with Crippen LogP contribution >= 0.6 is 0 Å². The summed E-state index contributed by atoms with van der Waals surface area (Å²) in [5.74, 6) is 0. The van der Waals surface area contributed by atoms with Crippen LogP contribution in [0.2, 0.25) is 0 Å². The van der Waals surface area contributed by atoms with Crippen molar-refractivity contribution in [3.63, 3.8) is 0 Å². The first kappa shape index (κ1) is 14.0. The highest BCUT2D eigenvalue weighted by molar-refractivity contribution is 6.51. The molecule has 20 heavy (non-hydrogen) atoms. The lowest BCUT2D eigenvalue weighted by Crippen LogP contribution is -2.46. The molecular weight excluding hydrogens is 258 g/mol. The minimum atomic E-state index is -0.415. The van der Waals surface area contributed by atoms with E-state index >= 15 is 0 Å². The zero-order valence-corrected chi connectivity index (χ0v) is 11.7. The molecule has 1 aliphatic rings. The fraction of sp³-hybridized carbons (Fsp3) is 0.385. The summed E-state index contributed by atoms with van der Waals surface area (Å²) in [5.41, 5.74) is 4.70. The molecule has 2 N–H and O–H groups in total. The summed E-state index contributed by atoms with van der Waals surface area (Å²) < 4.78 is 0. The zero-order valence-electron chi connectivity index (χ0n) is 11.7. The van der Waals surface area contributed by atoms with Crippen LogP contribution in [0.4, 0.5) is 11.4 Å². The number of fused-ring (bicyclic) bond motifs is 1. The fourth-order valence-electron chi connectivity index (χ4n) is 2.29. The molecule has 0 saturated heterocycles. The molecule has 0 fully saturated rings. The fourth-order valence-corrected chi connectivity index (χ4v) is 2.29. The lowest BCUT2D eigenvalue weighted by Gasteiger charge is -2.34. The van der Waals surface area contributed by atoms with Crippen LogP contribution < -0.4 is 10.3 Å². The van der Waals surface area contributed by atoms with Crippen molar-refractivity contribution in [2.45, 2.75) is 19.9 Å². The largest absolute Gasteiger partial charge is 0.360 e. The van der Waals surface area contributed by atoms with Gasteiger partial charge in [-0.3, -0.25) is 15.5 Å². The minimum absolute atomic E-state index is 0.0177. The summed E-state index contributed by atoms with van der Waals surface area (Å²) in [6.45, 7) is 4.46. The van der Waals surface area contributed by atoms with Crippen molar-refractivity contribution >= 4 is 22.8 Å². The monoisotopic (exact) mass is 275 g/mol. The molecule has 0 bridgehead atoms. The highest BCUT2D eigenvalue weighted by atomic mass is 16.6. The number of rotatable bonds is 3. The first-order chi connectivity index (χ1) is 9.49. The van der Waals surface area contributed by atoms with Crippen LogP contribution in [0.15, 0.2) is 23.3 Å². The summed E-state index contributed by atoms with van der Waals surface area (Å²) in [6.07, 6.45) is 0. The van der Waals surface area contributed by atoms with Crippen LogP contribution in [-0.2, 0) is 0 Å². The van der Waals surface area contributed by atoms with Gasteiger partial charge in [0, 0.05) is 25.2 Å². The molecule has 7 heteroatoms. The quantitative estimate of drug-likeness (QED) is 0.649. The van der Waals surface area contributed by atoms with Crippen molar-refractivity contribution in [3.8, 4) is 0 Å². The van der Waals surface area contributed by atoms with E-state index in [1.54, 1.807) is 24.1 Å². The molecule has 0 amide bonds. The van der Waals surface area contributed by atoms with E-state index < -0.39 is 4.92 Å². The first-order valence-electron chi connectivity index (χ1n) is 6.39. The number of hydrogen-bond donors (Lipinski definition) is 2. The van der Waals surface area contributed by atoms with Gasteiger partial charge in [-0.15, -0.1) is 0 Å². The Morgan fingerprint density at radius 3 is 2.85 bits per heavy atom. The van der Waals surface area contributed by atoms with Gasteiger partial charge in [0.2, 0.25) is 0 Å². The molecule has 1 aliphatic heterocycles. The van der Waals surface area contributed by atoms with Crippen LogP contribution in [0.1, 0.15) is 19.4 Å². The Morgan fingerprint density at radius 2 is 2.25 bits per heavy atom. The first-order valence-corrected chi connectivity index (χ1v) is 6.39. The van der Waals surface area contributed by atoms with Crippen molar-refractivity contribution in [3.05, 3.63) is 33.9 Å². The van der Waals surface area contributed by atoms with Crippen LogP contribution in [-0.4, -0.2) is 36.0 Å². The maximum absolute atomic E-state index is 11.2. The SMILES string of the molecule is CCN/N=C1\C(=N)c2cccc([N+](=O)[O-])c2N(C)C1C. The van der Waals surface area contributed by atoms with E-state index in [9.17, 15) is 10.1 Å². The lowest BCUT2D eigenvalue weighted by atomic mass is 9.92. The number of hydrogen-bond acceptors (Lipinski definition) is 6. The average molecular weight is 275 g/mol. The van der Waals surface area contributed by atoms with Crippen LogP contribution in [0.3, 0.4) is 0 Å². The molecule has 1 heterocycles. The van der Waals surface area contributed by atoms with Crippen molar-refractivity contribution in [1.29, 1.82) is 5.41 Å². The van der Waals surface area contributed by atoms with Crippen molar-refractivity contribution in [1.82, 2.24) is 5.43 Å². The Balaban J connectivity index is 2.60. The standard InChI is InChI=1S/C13H17N5O2/c1-4-15-16-12-8(2)17(3)13-9(11(12)14)6-5-7-10(13)18(19)20/h5-8,14-15H,4H2,1-3H3/b14-11?,16-12-. The van der Waals surface area contributed by atoms with Gasteiger partial charge in [0.25, 0.3) is 5.69 Å². The third-order valence-corrected chi connectivity index (χ3v) is 3.42. The van der Waals surface area contributed by atoms with E-state index in [2.05, 4.69) is 10.5 Å². The summed E-state index contributed by atoms with van der Waals surface area (Å²) >= 11 is 0. The molecule has 0 aliphatic carbocycles. The molecule has 0 saturated carbocycles. The summed E-state index contributed by atoms with van der Waals surface area (Å²) in [5, 5.41) is 23.6. The molecule has 7 nitrogen and oxygen atoms in total. The summed E-state index contributed by atoms with van der Waals surface area (Å²) in [7, 11) is 1.78. The molecule has 1 atom stereocenters. The van der Waals surface area contributed by atoms with Gasteiger partial charge in [0.15, 0.2) is 0 Å². The zero-order chi connectivity index (χ0) is 14.9. The number of para-hydroxylation sites is 1. The van der Waals surface area contributed by atoms with E-state index in [4.69, 9.17) is 5.41 Å². The highest BCUT2D eigenvalue weighted by Gasteiger charge is 2.35. The lowest BCUT2D eigenvalue weighted by molar-refractivity contribution is -0.384. The van der Waals surface area contributed by atoms with E-state index in [1.165, 1.54) is 6.07 Å². The van der Waals surface area contributed by atoms with Gasteiger partial charge >= 0.3 is 0 Å². The van der Waals surface area contributed by atoms with E-state index in [-0.39, 0.29) is 17.4 Å². The van der Waals surface area contributed by atoms with E-state index in [0.717, 1.165) is 0 Å². The number of nitrogens with one attached hydrogen (secondary N) is 2. The van der Waals surface area contributed by atoms with Gasteiger partial charge in [0.1, 0.15) is 11.4 Å². The van der Waals surface area contributed by atoms with Crippen molar-refractivity contribution in [2.24, 2.45) is 5.10 Å². The van der Waals surface area contributed by atoms with E-state index in [1.807, 2.05) is 13.8 Å². The Morgan fingerprint density at radius 1 is 1.55 bits per heavy atom. The maximum Gasteiger partial charge on any atom is 0.293 e. The predicted molar refractivity (Wildman–Crippen MR) is 78.9 cm³/mol. The van der Waals surface area contributed by atoms with E-state index in [0.29, 0.717) is 23.5 Å². The van der Waals surface area contributed by atoms with Gasteiger partial charge in [0.05, 0.1) is 16.7 Å². The average Bonchev–Trinajstić information content (AvgIpc) is 2.44. The van der Waals surface area contributed by atoms with Gasteiger partial charge < -0.3 is 10.3 Å². The Hall–Kier alpha value is -2.44. The number of nitro benzene ring substituents is 1. The van der Waals surface area contributed by atoms with Gasteiger partial charge in [-0.1, -0.05) is 12.1 Å². The van der Waals surface area contributed by atoms with Gasteiger partial charge in [-0.25, -0.2) is 0 Å². The second-order valence-corrected chi connectivity index (χ2v) is 4.60. The molecule has 0 radical (unpaired) electrons. The Bertz CT molecular complexity index is 596. The second kappa shape index (κ2) is 5.28. The summed E-state index contributed by atoms with van der Waals surface area (Å²) in [6, 6.07) is 4.58. The third-order valence-electron chi connectivity index (χ3n) is 3.42. The minimum Gasteiger partial charge on any atom is -0.360 e. The number of nitrogens with zero attached hydrogens (tertiary/aromatic N) is 3. The molecule has 1 unspecified atom stereocenters. The predicted octanol–water partition coefficient (Wildman–Crippen LogP) is 1.77. The van der Waals surface area contributed by atoms with Crippen LogP contribution in [0, 0.1) is 15.5 Å². The Labute approximate surface area is 116 Å². The van der Waals surface area contributed by atoms with Gasteiger partial charge in [-0.05, 0) is 13.8 Å². The van der Waals surface area contributed by atoms with Crippen LogP contribution in [0.5, 0.6) is 0 Å². The number of nitro groups is 1. The Kier molecular flexibility index (Phi) is 3.69. The molecule has 1 aromatic rings. The smallest absolute Gasteiger partial charge is 0.293 e. The normalized spacial score (nSPS) is 19.9. The molecule has 2 rings (SSSR count). The molecule has 106 valence electrons. The molecule has 1 aromatic carbocycles. The van der Waals surface area contributed by atoms with Crippen LogP contribution in [0.25, 0.3) is 0 Å². The number of hydrazone groups is 1. The highest BCUT2D eigenvalue weighted by Crippen LogP contribution is 2.36. The molecule has 0 aromatic heterocycles. The maximum atomic E-state index is 11.2. The second-order valence-electron chi connectivity index (χ2n) is 4.60. The third kappa shape index (κ3) is 2.11. The molecular formula is C13H17N5O2. The van der Waals surface area contributed by atoms with Crippen molar-refractivity contribution in [2.75, 3.05) is 18.5 Å². The summed E-state index contributed by atoms with van der Waals surface area (Å²) in [4.78, 5) is 12.5. The van der Waals surface area contributed by atoms with Gasteiger partial charge in [-0.2, -0.15) is 5.10 Å². The topological polar surface area (TPSA) is 94.6 Å².